The highest BCUT2D eigenvalue weighted by Gasteiger charge is 2.37. The van der Waals surface area contributed by atoms with Gasteiger partial charge in [0.2, 0.25) is 0 Å². The minimum Gasteiger partial charge on any atom is -0.507 e. The van der Waals surface area contributed by atoms with Gasteiger partial charge in [-0.1, -0.05) is 48.5 Å². The number of fused-ring (bicyclic) bond motifs is 6. The lowest BCUT2D eigenvalue weighted by atomic mass is 9.95. The lowest BCUT2D eigenvalue weighted by Gasteiger charge is -2.18. The summed E-state index contributed by atoms with van der Waals surface area (Å²) in [5.41, 5.74) is 3.13. The smallest absolute Gasteiger partial charge is 0.294 e. The van der Waals surface area contributed by atoms with Gasteiger partial charge in [-0.25, -0.2) is 0 Å². The Morgan fingerprint density at radius 2 is 1.36 bits per heavy atom. The van der Waals surface area contributed by atoms with Crippen molar-refractivity contribution >= 4 is 56.3 Å². The number of furan rings is 1. The van der Waals surface area contributed by atoms with E-state index in [-0.39, 0.29) is 34.8 Å². The van der Waals surface area contributed by atoms with Crippen molar-refractivity contribution in [3.05, 3.63) is 95.4 Å². The van der Waals surface area contributed by atoms with Gasteiger partial charge in [0.25, 0.3) is 11.8 Å². The summed E-state index contributed by atoms with van der Waals surface area (Å²) in [6.45, 7) is 0.774. The molecule has 0 aliphatic carbocycles. The molecular weight excluding hydrogens is 516 g/mol. The van der Waals surface area contributed by atoms with Gasteiger partial charge in [0, 0.05) is 47.8 Å². The summed E-state index contributed by atoms with van der Waals surface area (Å²) in [5.74, 6) is -0.358. The summed E-state index contributed by atoms with van der Waals surface area (Å²) in [5, 5.41) is 24.5. The van der Waals surface area contributed by atoms with Gasteiger partial charge in [-0.2, -0.15) is 0 Å². The molecule has 3 heterocycles. The molecule has 0 bridgehead atoms. The van der Waals surface area contributed by atoms with E-state index in [1.807, 2.05) is 48.5 Å². The zero-order chi connectivity index (χ0) is 26.8. The zero-order valence-electron chi connectivity index (χ0n) is 20.7. The van der Waals surface area contributed by atoms with Crippen LogP contribution >= 0.6 is 11.6 Å². The Labute approximate surface area is 228 Å². The van der Waals surface area contributed by atoms with Crippen molar-refractivity contribution in [1.29, 1.82) is 0 Å². The van der Waals surface area contributed by atoms with Gasteiger partial charge < -0.3 is 24.4 Å². The molecule has 1 unspecified atom stereocenters. The molecule has 0 fully saturated rings. The second kappa shape index (κ2) is 8.78. The fourth-order valence-corrected chi connectivity index (χ4v) is 6.29. The van der Waals surface area contributed by atoms with Crippen LogP contribution < -0.4 is 9.80 Å². The molecule has 0 radical (unpaired) electrons. The number of hydrogen-bond acceptors (Lipinski definition) is 5. The number of nitrogens with zero attached hydrogens (tertiary/aromatic N) is 2. The number of phenols is 2. The first-order valence-electron chi connectivity index (χ1n) is 12.7. The van der Waals surface area contributed by atoms with Crippen molar-refractivity contribution in [3.63, 3.8) is 0 Å². The molecule has 7 rings (SSSR count). The third-order valence-electron chi connectivity index (χ3n) is 7.84. The normalized spacial score (nSPS) is 16.2. The Balaban J connectivity index is 1.21. The van der Waals surface area contributed by atoms with Crippen molar-refractivity contribution in [1.82, 2.24) is 0 Å². The highest BCUT2D eigenvalue weighted by molar-refractivity contribution is 6.19. The van der Waals surface area contributed by atoms with Gasteiger partial charge in [0.05, 0.1) is 11.4 Å². The molecule has 5 aromatic rings. The van der Waals surface area contributed by atoms with Crippen LogP contribution in [0.15, 0.2) is 77.2 Å². The number of halogens is 1. The topological polar surface area (TPSA) is 94.2 Å². The Bertz CT molecular complexity index is 1830. The summed E-state index contributed by atoms with van der Waals surface area (Å²) in [7, 11) is 0. The molecule has 8 heteroatoms. The van der Waals surface area contributed by atoms with Crippen LogP contribution in [0.2, 0.25) is 0 Å². The molecule has 0 saturated carbocycles. The van der Waals surface area contributed by atoms with E-state index in [1.54, 1.807) is 21.9 Å². The van der Waals surface area contributed by atoms with Crippen LogP contribution in [0.3, 0.4) is 0 Å². The lowest BCUT2D eigenvalue weighted by molar-refractivity contribution is 0.0938. The monoisotopic (exact) mass is 538 g/mol. The lowest BCUT2D eigenvalue weighted by Crippen LogP contribution is -2.30. The van der Waals surface area contributed by atoms with E-state index in [9.17, 15) is 19.8 Å². The number of anilines is 2. The van der Waals surface area contributed by atoms with Gasteiger partial charge in [0.1, 0.15) is 11.5 Å². The molecule has 0 spiro atoms. The number of rotatable bonds is 3. The molecule has 2 amide bonds. The van der Waals surface area contributed by atoms with Crippen molar-refractivity contribution in [2.75, 3.05) is 28.8 Å². The minimum absolute atomic E-state index is 0.0212. The third kappa shape index (κ3) is 3.50. The first-order chi connectivity index (χ1) is 19.0. The predicted octanol–water partition coefficient (Wildman–Crippen LogP) is 6.18. The van der Waals surface area contributed by atoms with Crippen LogP contribution in [0.4, 0.5) is 11.4 Å². The van der Waals surface area contributed by atoms with Crippen molar-refractivity contribution in [2.45, 2.75) is 12.3 Å². The molecular formula is C31H23ClN2O5. The molecule has 2 aliphatic rings. The van der Waals surface area contributed by atoms with E-state index >= 15 is 0 Å². The predicted molar refractivity (Wildman–Crippen MR) is 150 cm³/mol. The molecule has 2 N–H and O–H groups in total. The Morgan fingerprint density at radius 3 is 2.03 bits per heavy atom. The minimum atomic E-state index is -0.414. The van der Waals surface area contributed by atoms with Crippen molar-refractivity contribution in [3.8, 4) is 11.5 Å². The summed E-state index contributed by atoms with van der Waals surface area (Å²) >= 11 is 6.31. The van der Waals surface area contributed by atoms with Gasteiger partial charge in [-0.15, -0.1) is 11.6 Å². The molecule has 4 aromatic carbocycles. The van der Waals surface area contributed by atoms with E-state index in [0.717, 1.165) is 27.3 Å². The van der Waals surface area contributed by atoms with Crippen LogP contribution in [-0.2, 0) is 6.42 Å². The second-order valence-corrected chi connectivity index (χ2v) is 10.3. The van der Waals surface area contributed by atoms with Crippen LogP contribution in [0.1, 0.15) is 38.2 Å². The average Bonchev–Trinajstić information content (AvgIpc) is 3.70. The molecule has 7 nitrogen and oxygen atoms in total. The maximum atomic E-state index is 13.6. The summed E-state index contributed by atoms with van der Waals surface area (Å²) in [4.78, 5) is 30.2. The average molecular weight is 539 g/mol. The van der Waals surface area contributed by atoms with Crippen molar-refractivity contribution < 1.29 is 24.2 Å². The van der Waals surface area contributed by atoms with Crippen molar-refractivity contribution in [2.24, 2.45) is 0 Å². The van der Waals surface area contributed by atoms with Gasteiger partial charge in [0.15, 0.2) is 11.5 Å². The van der Waals surface area contributed by atoms with Crippen LogP contribution in [-0.4, -0.2) is 41.0 Å². The second-order valence-electron chi connectivity index (χ2n) is 9.95. The standard InChI is InChI=1S/C31H23ClN2O5/c32-15-17-16-34(24-14-26(36)21-7-3-4-8-22(21)29(17)24)31(38)28-10-9-27(39-28)30(37)33-12-11-19-18-5-1-2-6-20(18)25(35)13-23(19)33/h1-10,13-14,17,35-36H,11-12,15-16H2. The van der Waals surface area contributed by atoms with E-state index in [4.69, 9.17) is 16.0 Å². The van der Waals surface area contributed by atoms with E-state index in [2.05, 4.69) is 0 Å². The van der Waals surface area contributed by atoms with E-state index in [1.165, 1.54) is 12.1 Å². The third-order valence-corrected chi connectivity index (χ3v) is 8.21. The molecule has 0 saturated heterocycles. The fraction of sp³-hybridized carbons (Fsp3) is 0.161. The Hall–Kier alpha value is -4.49. The van der Waals surface area contributed by atoms with E-state index < -0.39 is 5.91 Å². The van der Waals surface area contributed by atoms with Crippen LogP contribution in [0.5, 0.6) is 11.5 Å². The van der Waals surface area contributed by atoms with E-state index in [0.29, 0.717) is 42.2 Å². The number of hydrogen-bond donors (Lipinski definition) is 2. The molecule has 2 aliphatic heterocycles. The van der Waals surface area contributed by atoms with Crippen LogP contribution in [0.25, 0.3) is 21.5 Å². The number of aromatic hydroxyl groups is 2. The van der Waals surface area contributed by atoms with Gasteiger partial charge in [-0.05, 0) is 40.5 Å². The highest BCUT2D eigenvalue weighted by Crippen LogP contribution is 2.46. The highest BCUT2D eigenvalue weighted by atomic mass is 35.5. The Kier molecular flexibility index (Phi) is 5.32. The zero-order valence-corrected chi connectivity index (χ0v) is 21.5. The first kappa shape index (κ1) is 23.6. The molecule has 1 aromatic heterocycles. The molecule has 1 atom stereocenters. The fourth-order valence-electron chi connectivity index (χ4n) is 6.04. The maximum absolute atomic E-state index is 13.6. The summed E-state index contributed by atoms with van der Waals surface area (Å²) in [6, 6.07) is 21.3. The number of carbonyl (C=O) groups excluding carboxylic acids is 2. The first-order valence-corrected chi connectivity index (χ1v) is 13.3. The summed E-state index contributed by atoms with van der Waals surface area (Å²) < 4.78 is 5.83. The van der Waals surface area contributed by atoms with Crippen LogP contribution in [0, 0.1) is 0 Å². The number of carbonyl (C=O) groups is 2. The maximum Gasteiger partial charge on any atom is 0.294 e. The molecule has 194 valence electrons. The SMILES string of the molecule is O=C(c1ccc(C(=O)N2CC(CCl)c3c2cc(O)c2ccccc32)o1)N1CCc2c1cc(O)c1ccccc21. The van der Waals surface area contributed by atoms with Gasteiger partial charge >= 0.3 is 0 Å². The number of alkyl halides is 1. The number of benzene rings is 4. The quantitative estimate of drug-likeness (QED) is 0.267. The van der Waals surface area contributed by atoms with Gasteiger partial charge in [-0.3, -0.25) is 9.59 Å². The molecule has 39 heavy (non-hydrogen) atoms. The number of amides is 2. The summed E-state index contributed by atoms with van der Waals surface area (Å²) in [6.07, 6.45) is 0.649. The largest absolute Gasteiger partial charge is 0.507 e. The Morgan fingerprint density at radius 1 is 0.795 bits per heavy atom. The number of phenolic OH excluding ortho intramolecular Hbond substituents is 2.